The lowest BCUT2D eigenvalue weighted by Crippen LogP contribution is -2.13. The van der Waals surface area contributed by atoms with Gasteiger partial charge >= 0.3 is 5.97 Å². The van der Waals surface area contributed by atoms with Gasteiger partial charge in [0.25, 0.3) is 5.91 Å². The van der Waals surface area contributed by atoms with Gasteiger partial charge in [-0.3, -0.25) is 9.48 Å². The van der Waals surface area contributed by atoms with Crippen LogP contribution in [0.3, 0.4) is 0 Å². The molecular formula is C10H9N3O3S. The first-order valence-corrected chi connectivity index (χ1v) is 5.59. The van der Waals surface area contributed by atoms with Crippen molar-refractivity contribution in [2.75, 3.05) is 0 Å². The molecule has 2 heterocycles. The van der Waals surface area contributed by atoms with E-state index in [1.54, 1.807) is 17.6 Å². The molecule has 1 amide bonds. The van der Waals surface area contributed by atoms with E-state index in [4.69, 9.17) is 10.8 Å². The smallest absolute Gasteiger partial charge is 0.346 e. The summed E-state index contributed by atoms with van der Waals surface area (Å²) in [6.45, 7) is 0.304. The molecule has 0 aromatic carbocycles. The minimum atomic E-state index is -0.961. The molecule has 3 N–H and O–H groups in total. The molecular weight excluding hydrogens is 242 g/mol. The number of primary amides is 1. The molecule has 0 saturated heterocycles. The quantitative estimate of drug-likeness (QED) is 0.839. The highest BCUT2D eigenvalue weighted by atomic mass is 32.1. The van der Waals surface area contributed by atoms with Crippen LogP contribution >= 0.6 is 11.3 Å². The third-order valence-corrected chi connectivity index (χ3v) is 3.11. The molecule has 2 aromatic rings. The number of amides is 1. The molecule has 0 unspecified atom stereocenters. The molecule has 2 rings (SSSR count). The summed E-state index contributed by atoms with van der Waals surface area (Å²) in [4.78, 5) is 22.0. The number of nitrogens with two attached hydrogens (primary N) is 1. The molecule has 0 aliphatic rings. The van der Waals surface area contributed by atoms with E-state index >= 15 is 0 Å². The summed E-state index contributed by atoms with van der Waals surface area (Å²) in [5.74, 6) is -1.56. The van der Waals surface area contributed by atoms with Crippen LogP contribution < -0.4 is 5.73 Å². The highest BCUT2D eigenvalue weighted by Crippen LogP contribution is 2.17. The fourth-order valence-corrected chi connectivity index (χ4v) is 2.16. The van der Waals surface area contributed by atoms with Gasteiger partial charge in [-0.15, -0.1) is 11.3 Å². The Labute approximate surface area is 100 Å². The first-order chi connectivity index (χ1) is 8.08. The summed E-state index contributed by atoms with van der Waals surface area (Å²) in [5, 5.41) is 14.6. The minimum absolute atomic E-state index is 0.164. The van der Waals surface area contributed by atoms with Gasteiger partial charge in [0.05, 0.1) is 6.54 Å². The predicted octanol–water partition coefficient (Wildman–Crippen LogP) is 0.790. The zero-order valence-electron chi connectivity index (χ0n) is 8.66. The van der Waals surface area contributed by atoms with Gasteiger partial charge in [-0.25, -0.2) is 4.79 Å². The highest BCUT2D eigenvalue weighted by molar-refractivity contribution is 7.12. The standard InChI is InChI=1S/C10H9N3O3S/c11-9(14)7-1-3-13(12-7)5-6-2-4-17-8(6)10(15)16/h1-4H,5H2,(H2,11,14)(H,15,16). The highest BCUT2D eigenvalue weighted by Gasteiger charge is 2.13. The van der Waals surface area contributed by atoms with Gasteiger partial charge in [0.2, 0.25) is 0 Å². The van der Waals surface area contributed by atoms with Gasteiger partial charge in [-0.05, 0) is 23.1 Å². The number of carboxylic acid groups (broad SMARTS) is 1. The maximum atomic E-state index is 10.9. The molecule has 17 heavy (non-hydrogen) atoms. The second-order valence-corrected chi connectivity index (χ2v) is 4.26. The topological polar surface area (TPSA) is 98.2 Å². The number of nitrogens with zero attached hydrogens (tertiary/aromatic N) is 2. The van der Waals surface area contributed by atoms with Gasteiger partial charge in [0.15, 0.2) is 0 Å². The van der Waals surface area contributed by atoms with Crippen LogP contribution in [-0.2, 0) is 6.54 Å². The second-order valence-electron chi connectivity index (χ2n) is 3.34. The third kappa shape index (κ3) is 2.34. The summed E-state index contributed by atoms with van der Waals surface area (Å²) in [7, 11) is 0. The molecule has 0 atom stereocenters. The SMILES string of the molecule is NC(=O)c1ccn(Cc2ccsc2C(=O)O)n1. The number of aromatic carboxylic acids is 1. The molecule has 0 fully saturated rings. The molecule has 88 valence electrons. The van der Waals surface area contributed by atoms with E-state index in [0.29, 0.717) is 12.1 Å². The van der Waals surface area contributed by atoms with E-state index in [1.807, 2.05) is 0 Å². The monoisotopic (exact) mass is 251 g/mol. The van der Waals surface area contributed by atoms with Crippen LogP contribution in [0.5, 0.6) is 0 Å². The number of hydrogen-bond acceptors (Lipinski definition) is 4. The van der Waals surface area contributed by atoms with Crippen molar-refractivity contribution in [3.05, 3.63) is 39.8 Å². The lowest BCUT2D eigenvalue weighted by atomic mass is 10.2. The van der Waals surface area contributed by atoms with E-state index in [9.17, 15) is 9.59 Å². The lowest BCUT2D eigenvalue weighted by molar-refractivity contribution is 0.0700. The Hall–Kier alpha value is -2.15. The van der Waals surface area contributed by atoms with Crippen molar-refractivity contribution in [3.63, 3.8) is 0 Å². The number of rotatable bonds is 4. The van der Waals surface area contributed by atoms with Crippen LogP contribution in [0.15, 0.2) is 23.7 Å². The molecule has 2 aromatic heterocycles. The number of aromatic nitrogens is 2. The maximum absolute atomic E-state index is 10.9. The summed E-state index contributed by atoms with van der Waals surface area (Å²) < 4.78 is 1.48. The van der Waals surface area contributed by atoms with Crippen LogP contribution in [0, 0.1) is 0 Å². The van der Waals surface area contributed by atoms with Crippen molar-refractivity contribution in [1.29, 1.82) is 0 Å². The van der Waals surface area contributed by atoms with Crippen LogP contribution in [0.1, 0.15) is 25.7 Å². The van der Waals surface area contributed by atoms with Crippen LogP contribution in [0.4, 0.5) is 0 Å². The van der Waals surface area contributed by atoms with E-state index in [0.717, 1.165) is 11.3 Å². The summed E-state index contributed by atoms with van der Waals surface area (Å²) in [6.07, 6.45) is 1.59. The van der Waals surface area contributed by atoms with Gasteiger partial charge < -0.3 is 10.8 Å². The van der Waals surface area contributed by atoms with E-state index in [1.165, 1.54) is 10.7 Å². The fourth-order valence-electron chi connectivity index (χ4n) is 1.40. The Bertz CT molecular complexity index is 573. The average Bonchev–Trinajstić information content (AvgIpc) is 2.86. The first kappa shape index (κ1) is 11.3. The van der Waals surface area contributed by atoms with Crippen molar-refractivity contribution in [3.8, 4) is 0 Å². The molecule has 0 aliphatic heterocycles. The summed E-state index contributed by atoms with van der Waals surface area (Å²) in [5.41, 5.74) is 5.89. The van der Waals surface area contributed by atoms with E-state index in [-0.39, 0.29) is 10.6 Å². The van der Waals surface area contributed by atoms with Gasteiger partial charge in [-0.2, -0.15) is 5.10 Å². The van der Waals surface area contributed by atoms with Crippen molar-refractivity contribution >= 4 is 23.2 Å². The predicted molar refractivity (Wildman–Crippen MR) is 61.1 cm³/mol. The van der Waals surface area contributed by atoms with E-state index in [2.05, 4.69) is 5.10 Å². The molecule has 6 nitrogen and oxygen atoms in total. The third-order valence-electron chi connectivity index (χ3n) is 2.17. The second kappa shape index (κ2) is 4.38. The Morgan fingerprint density at radius 1 is 1.47 bits per heavy atom. The molecule has 7 heteroatoms. The Morgan fingerprint density at radius 2 is 2.24 bits per heavy atom. The van der Waals surface area contributed by atoms with Crippen molar-refractivity contribution in [1.82, 2.24) is 9.78 Å². The van der Waals surface area contributed by atoms with E-state index < -0.39 is 11.9 Å². The Kier molecular flexibility index (Phi) is 2.92. The zero-order valence-corrected chi connectivity index (χ0v) is 9.48. The van der Waals surface area contributed by atoms with Crippen molar-refractivity contribution in [2.24, 2.45) is 5.73 Å². The number of thiophene rings is 1. The molecule has 0 saturated carbocycles. The Morgan fingerprint density at radius 3 is 2.82 bits per heavy atom. The molecule has 0 aliphatic carbocycles. The maximum Gasteiger partial charge on any atom is 0.346 e. The molecule has 0 radical (unpaired) electrons. The largest absolute Gasteiger partial charge is 0.477 e. The number of carboxylic acids is 1. The van der Waals surface area contributed by atoms with Gasteiger partial charge in [0.1, 0.15) is 10.6 Å². The number of carbonyl (C=O) groups is 2. The average molecular weight is 251 g/mol. The molecule has 0 bridgehead atoms. The number of hydrogen-bond donors (Lipinski definition) is 2. The Balaban J connectivity index is 2.22. The zero-order chi connectivity index (χ0) is 12.4. The summed E-state index contributed by atoms with van der Waals surface area (Å²) in [6, 6.07) is 3.22. The molecule has 0 spiro atoms. The normalized spacial score (nSPS) is 10.4. The number of carbonyl (C=O) groups excluding carboxylic acids is 1. The van der Waals surface area contributed by atoms with Crippen LogP contribution in [0.25, 0.3) is 0 Å². The first-order valence-electron chi connectivity index (χ1n) is 4.71. The van der Waals surface area contributed by atoms with Gasteiger partial charge in [-0.1, -0.05) is 0 Å². The van der Waals surface area contributed by atoms with Crippen LogP contribution in [0.2, 0.25) is 0 Å². The lowest BCUT2D eigenvalue weighted by Gasteiger charge is -2.00. The van der Waals surface area contributed by atoms with Crippen molar-refractivity contribution < 1.29 is 14.7 Å². The fraction of sp³-hybridized carbons (Fsp3) is 0.100. The van der Waals surface area contributed by atoms with Crippen molar-refractivity contribution in [2.45, 2.75) is 6.54 Å². The summed E-state index contributed by atoms with van der Waals surface area (Å²) >= 11 is 1.16. The van der Waals surface area contributed by atoms with Crippen LogP contribution in [-0.4, -0.2) is 26.8 Å². The minimum Gasteiger partial charge on any atom is -0.477 e. The van der Waals surface area contributed by atoms with Gasteiger partial charge in [0, 0.05) is 6.20 Å².